The molecule has 4 rings (SSSR count). The van der Waals surface area contributed by atoms with Crippen LogP contribution in [0.15, 0.2) is 30.6 Å². The second kappa shape index (κ2) is 9.97. The van der Waals surface area contributed by atoms with Crippen molar-refractivity contribution in [2.45, 2.75) is 31.4 Å². The van der Waals surface area contributed by atoms with E-state index in [4.69, 9.17) is 17.3 Å². The molecule has 2 saturated heterocycles. The zero-order valence-corrected chi connectivity index (χ0v) is 18.5. The number of amides is 1. The molecule has 10 heteroatoms. The van der Waals surface area contributed by atoms with Crippen LogP contribution in [0.2, 0.25) is 5.02 Å². The highest BCUT2D eigenvalue weighted by molar-refractivity contribution is 6.30. The van der Waals surface area contributed by atoms with Crippen LogP contribution in [0.3, 0.4) is 0 Å². The van der Waals surface area contributed by atoms with E-state index in [0.717, 1.165) is 18.4 Å². The molecule has 2 fully saturated rings. The van der Waals surface area contributed by atoms with Gasteiger partial charge in [-0.05, 0) is 43.5 Å². The summed E-state index contributed by atoms with van der Waals surface area (Å²) >= 11 is 6.01. The third kappa shape index (κ3) is 5.11. The molecule has 0 bridgehead atoms. The summed E-state index contributed by atoms with van der Waals surface area (Å²) in [5, 5.41) is 14.2. The second-order valence-electron chi connectivity index (χ2n) is 8.46. The van der Waals surface area contributed by atoms with Crippen LogP contribution < -0.4 is 16.0 Å². The Balaban J connectivity index is 1.43. The van der Waals surface area contributed by atoms with E-state index in [1.165, 1.54) is 6.33 Å². The van der Waals surface area contributed by atoms with E-state index in [-0.39, 0.29) is 30.1 Å². The maximum absolute atomic E-state index is 15.4. The van der Waals surface area contributed by atoms with Crippen molar-refractivity contribution >= 4 is 29.1 Å². The number of aromatic nitrogens is 2. The lowest BCUT2D eigenvalue weighted by molar-refractivity contribution is -0.120. The number of carbonyl (C=O) groups excluding carboxylic acids is 1. The maximum atomic E-state index is 15.4. The van der Waals surface area contributed by atoms with E-state index in [1.54, 1.807) is 0 Å². The molecule has 2 aromatic rings. The smallest absolute Gasteiger partial charge is 0.231 e. The van der Waals surface area contributed by atoms with Crippen LogP contribution in [0.25, 0.3) is 0 Å². The van der Waals surface area contributed by atoms with Crippen LogP contribution in [0.4, 0.5) is 16.0 Å². The van der Waals surface area contributed by atoms with Gasteiger partial charge in [-0.3, -0.25) is 9.69 Å². The Morgan fingerprint density at radius 2 is 2.03 bits per heavy atom. The van der Waals surface area contributed by atoms with E-state index in [0.29, 0.717) is 37.6 Å². The number of primary amides is 1. The van der Waals surface area contributed by atoms with Crippen LogP contribution in [-0.4, -0.2) is 64.7 Å². The average molecular weight is 463 g/mol. The number of piperidine rings is 1. The van der Waals surface area contributed by atoms with Gasteiger partial charge >= 0.3 is 0 Å². The number of aliphatic hydroxyl groups excluding tert-OH is 1. The summed E-state index contributed by atoms with van der Waals surface area (Å²) in [7, 11) is 0. The SMILES string of the molecule is NC(=O)CN1CC[C@H](CNc2ncnc(N3CCC[C@@H]3c3ccc(Cl)cc3)c2F)[C@@H](O)C1. The average Bonchev–Trinajstić information content (AvgIpc) is 3.24. The second-order valence-corrected chi connectivity index (χ2v) is 8.90. The number of β-amino-alcohol motifs (C(OH)–C–C–N with tert-alkyl or cyclic N) is 1. The molecule has 2 aliphatic rings. The fraction of sp³-hybridized carbons (Fsp3) is 0.500. The van der Waals surface area contributed by atoms with Crippen LogP contribution in [0, 0.1) is 11.7 Å². The molecule has 0 radical (unpaired) electrons. The van der Waals surface area contributed by atoms with Gasteiger partial charge in [-0.15, -0.1) is 0 Å². The molecule has 3 atom stereocenters. The Morgan fingerprint density at radius 1 is 1.25 bits per heavy atom. The van der Waals surface area contributed by atoms with E-state index in [1.807, 2.05) is 34.1 Å². The fourth-order valence-electron chi connectivity index (χ4n) is 4.61. The van der Waals surface area contributed by atoms with Crippen LogP contribution >= 0.6 is 11.6 Å². The molecular formula is C22H28ClFN6O2. The largest absolute Gasteiger partial charge is 0.391 e. The topological polar surface area (TPSA) is 108 Å². The van der Waals surface area contributed by atoms with E-state index in [2.05, 4.69) is 15.3 Å². The van der Waals surface area contributed by atoms with E-state index >= 15 is 4.39 Å². The molecule has 0 spiro atoms. The normalized spacial score (nSPS) is 24.0. The summed E-state index contributed by atoms with van der Waals surface area (Å²) in [6, 6.07) is 7.65. The molecule has 32 heavy (non-hydrogen) atoms. The van der Waals surface area contributed by atoms with Gasteiger partial charge in [0.25, 0.3) is 0 Å². The van der Waals surface area contributed by atoms with Gasteiger partial charge in [0, 0.05) is 30.6 Å². The lowest BCUT2D eigenvalue weighted by Gasteiger charge is -2.35. The quantitative estimate of drug-likeness (QED) is 0.578. The highest BCUT2D eigenvalue weighted by Crippen LogP contribution is 2.37. The first-order valence-electron chi connectivity index (χ1n) is 10.9. The molecule has 0 unspecified atom stereocenters. The van der Waals surface area contributed by atoms with Crippen molar-refractivity contribution in [2.75, 3.05) is 42.9 Å². The molecule has 4 N–H and O–H groups in total. The minimum Gasteiger partial charge on any atom is -0.391 e. The van der Waals surface area contributed by atoms with Crippen LogP contribution in [-0.2, 0) is 4.79 Å². The van der Waals surface area contributed by atoms with E-state index < -0.39 is 17.8 Å². The molecule has 3 heterocycles. The number of hydrogen-bond donors (Lipinski definition) is 3. The van der Waals surface area contributed by atoms with Crippen molar-refractivity contribution in [3.05, 3.63) is 47.0 Å². The summed E-state index contributed by atoms with van der Waals surface area (Å²) in [6.07, 6.45) is 3.25. The van der Waals surface area contributed by atoms with E-state index in [9.17, 15) is 9.90 Å². The van der Waals surface area contributed by atoms with Crippen molar-refractivity contribution in [3.63, 3.8) is 0 Å². The van der Waals surface area contributed by atoms with Crippen LogP contribution in [0.5, 0.6) is 0 Å². The van der Waals surface area contributed by atoms with Gasteiger partial charge in [0.2, 0.25) is 11.7 Å². The number of carbonyl (C=O) groups is 1. The molecule has 172 valence electrons. The molecule has 0 saturated carbocycles. The summed E-state index contributed by atoms with van der Waals surface area (Å²) in [5.74, 6) is -0.581. The number of nitrogens with zero attached hydrogens (tertiary/aromatic N) is 4. The zero-order valence-electron chi connectivity index (χ0n) is 17.8. The lowest BCUT2D eigenvalue weighted by Crippen LogP contribution is -2.48. The number of benzene rings is 1. The third-order valence-corrected chi connectivity index (χ3v) is 6.52. The molecule has 1 aromatic carbocycles. The van der Waals surface area contributed by atoms with Gasteiger partial charge in [-0.25, -0.2) is 9.97 Å². The first-order valence-corrected chi connectivity index (χ1v) is 11.3. The molecular weight excluding hydrogens is 435 g/mol. The number of aliphatic hydroxyl groups is 1. The van der Waals surface area contributed by atoms with Crippen molar-refractivity contribution in [1.82, 2.24) is 14.9 Å². The van der Waals surface area contributed by atoms with Gasteiger partial charge in [0.05, 0.1) is 18.7 Å². The number of rotatable bonds is 7. The Morgan fingerprint density at radius 3 is 2.75 bits per heavy atom. The first kappa shape index (κ1) is 22.7. The molecule has 1 amide bonds. The Bertz CT molecular complexity index is 947. The summed E-state index contributed by atoms with van der Waals surface area (Å²) in [5.41, 5.74) is 6.31. The van der Waals surface area contributed by atoms with Gasteiger partial charge < -0.3 is 21.1 Å². The number of hydrogen-bond acceptors (Lipinski definition) is 7. The van der Waals surface area contributed by atoms with Gasteiger partial charge in [0.15, 0.2) is 11.6 Å². The fourth-order valence-corrected chi connectivity index (χ4v) is 4.74. The standard InChI is InChI=1S/C22H28ClFN6O2/c23-16-5-3-14(4-6-16)17-2-1-8-30(17)22-20(24)21(27-13-28-22)26-10-15-7-9-29(11-18(15)31)12-19(25)32/h3-6,13,15,17-18,31H,1-2,7-12H2,(H2,25,32)(H,26,27,28)/t15-,17-,18+/m1/s1. The van der Waals surface area contributed by atoms with Gasteiger partial charge in [0.1, 0.15) is 6.33 Å². The zero-order chi connectivity index (χ0) is 22.7. The molecule has 2 aliphatic heterocycles. The lowest BCUT2D eigenvalue weighted by atomic mass is 9.93. The maximum Gasteiger partial charge on any atom is 0.231 e. The number of halogens is 2. The summed E-state index contributed by atoms with van der Waals surface area (Å²) in [6.45, 7) is 2.23. The first-order chi connectivity index (χ1) is 15.4. The monoisotopic (exact) mass is 462 g/mol. The Hall–Kier alpha value is -2.49. The molecule has 0 aliphatic carbocycles. The predicted molar refractivity (Wildman–Crippen MR) is 121 cm³/mol. The van der Waals surface area contributed by atoms with Crippen LogP contribution in [0.1, 0.15) is 30.9 Å². The predicted octanol–water partition coefficient (Wildman–Crippen LogP) is 2.19. The molecule has 1 aromatic heterocycles. The minimum atomic E-state index is -0.632. The number of anilines is 2. The molecule has 8 nitrogen and oxygen atoms in total. The number of nitrogens with one attached hydrogen (secondary N) is 1. The number of nitrogens with two attached hydrogens (primary N) is 1. The van der Waals surface area contributed by atoms with Crippen molar-refractivity contribution in [1.29, 1.82) is 0 Å². The highest BCUT2D eigenvalue weighted by Gasteiger charge is 2.31. The highest BCUT2D eigenvalue weighted by atomic mass is 35.5. The Labute approximate surface area is 191 Å². The Kier molecular flexibility index (Phi) is 7.07. The summed E-state index contributed by atoms with van der Waals surface area (Å²) in [4.78, 5) is 23.2. The van der Waals surface area contributed by atoms with Gasteiger partial charge in [-0.2, -0.15) is 4.39 Å². The van der Waals surface area contributed by atoms with Gasteiger partial charge in [-0.1, -0.05) is 23.7 Å². The summed E-state index contributed by atoms with van der Waals surface area (Å²) < 4.78 is 15.4. The third-order valence-electron chi connectivity index (χ3n) is 6.27. The minimum absolute atomic E-state index is 0.0286. The number of likely N-dealkylation sites (tertiary alicyclic amines) is 1. The van der Waals surface area contributed by atoms with Crippen molar-refractivity contribution in [3.8, 4) is 0 Å². The van der Waals surface area contributed by atoms with Crippen molar-refractivity contribution in [2.24, 2.45) is 11.7 Å². The van der Waals surface area contributed by atoms with Crippen molar-refractivity contribution < 1.29 is 14.3 Å².